The van der Waals surface area contributed by atoms with Gasteiger partial charge in [-0.1, -0.05) is 34.6 Å². The van der Waals surface area contributed by atoms with Gasteiger partial charge in [-0.2, -0.15) is 26.3 Å². The molecule has 0 fully saturated rings. The Bertz CT molecular complexity index is 520. The zero-order valence-corrected chi connectivity index (χ0v) is 17.0. The van der Waals surface area contributed by atoms with Crippen LogP contribution in [-0.2, 0) is 9.53 Å². The second-order valence-electron chi connectivity index (χ2n) is 8.77. The van der Waals surface area contributed by atoms with Crippen molar-refractivity contribution >= 4 is 5.97 Å². The Morgan fingerprint density at radius 3 is 1.56 bits per heavy atom. The molecule has 0 spiro atoms. The van der Waals surface area contributed by atoms with E-state index in [1.807, 2.05) is 0 Å². The quantitative estimate of drug-likeness (QED) is 0.437. The molecule has 0 aliphatic heterocycles. The predicted octanol–water partition coefficient (Wildman–Crippen LogP) is 5.65. The molecule has 9 heteroatoms. The first-order chi connectivity index (χ1) is 11.6. The van der Waals surface area contributed by atoms with Crippen LogP contribution in [0.25, 0.3) is 0 Å². The lowest BCUT2D eigenvalue weighted by molar-refractivity contribution is -0.408. The van der Waals surface area contributed by atoms with Gasteiger partial charge in [-0.05, 0) is 44.9 Å². The van der Waals surface area contributed by atoms with Crippen LogP contribution in [0.15, 0.2) is 0 Å². The molecule has 0 saturated heterocycles. The minimum absolute atomic E-state index is 0.0689. The molecule has 0 rings (SSSR count). The van der Waals surface area contributed by atoms with Gasteiger partial charge in [0, 0.05) is 0 Å². The number of carbonyl (C=O) groups excluding carboxylic acids is 1. The molecule has 1 atom stereocenters. The van der Waals surface area contributed by atoms with Crippen LogP contribution < -0.4 is 0 Å². The Kier molecular flexibility index (Phi) is 7.17. The maximum atomic E-state index is 13.2. The summed E-state index contributed by atoms with van der Waals surface area (Å²) in [6.07, 6.45) is -11.6. The molecule has 0 amide bonds. The molecule has 0 heterocycles. The molecule has 0 aromatic rings. The number of carbonyl (C=O) groups is 1. The van der Waals surface area contributed by atoms with E-state index in [2.05, 4.69) is 0 Å². The summed E-state index contributed by atoms with van der Waals surface area (Å²) in [7, 11) is 0. The lowest BCUT2D eigenvalue weighted by Gasteiger charge is -2.48. The van der Waals surface area contributed by atoms with Gasteiger partial charge in [-0.25, -0.2) is 0 Å². The van der Waals surface area contributed by atoms with E-state index in [0.29, 0.717) is 20.3 Å². The second kappa shape index (κ2) is 7.44. The number of halogens is 6. The number of hydrogen-bond donors (Lipinski definition) is 1. The maximum Gasteiger partial charge on any atom is 0.430 e. The molecule has 0 aliphatic carbocycles. The third-order valence-corrected chi connectivity index (χ3v) is 5.68. The smallest absolute Gasteiger partial charge is 0.430 e. The molecular weight excluding hydrogens is 378 g/mol. The summed E-state index contributed by atoms with van der Waals surface area (Å²) in [5.41, 5.74) is -10.6. The Morgan fingerprint density at radius 1 is 0.926 bits per heavy atom. The van der Waals surface area contributed by atoms with Gasteiger partial charge >= 0.3 is 18.3 Å². The fourth-order valence-corrected chi connectivity index (χ4v) is 3.10. The lowest BCUT2D eigenvalue weighted by atomic mass is 9.61. The van der Waals surface area contributed by atoms with Crippen molar-refractivity contribution in [2.75, 3.05) is 0 Å². The van der Waals surface area contributed by atoms with Crippen LogP contribution in [0.2, 0.25) is 0 Å². The summed E-state index contributed by atoms with van der Waals surface area (Å²) in [5, 5.41) is 9.64. The maximum absolute atomic E-state index is 13.2. The highest BCUT2D eigenvalue weighted by atomic mass is 19.4. The average Bonchev–Trinajstić information content (AvgIpc) is 2.42. The largest absolute Gasteiger partial charge is 0.455 e. The Hall–Kier alpha value is -0.990. The normalized spacial score (nSPS) is 17.0. The lowest BCUT2D eigenvalue weighted by Crippen LogP contribution is -2.70. The molecule has 0 bridgehead atoms. The van der Waals surface area contributed by atoms with Gasteiger partial charge in [-0.15, -0.1) is 0 Å². The van der Waals surface area contributed by atoms with Crippen LogP contribution in [0.1, 0.15) is 68.2 Å². The van der Waals surface area contributed by atoms with Gasteiger partial charge in [-0.3, -0.25) is 4.79 Å². The Labute approximate surface area is 156 Å². The number of rotatable bonds is 7. The van der Waals surface area contributed by atoms with E-state index >= 15 is 0 Å². The SMILES string of the molecule is CCC(C)(C)C(C)(CC(C)C)C(=O)OC(C)(C)C(O)(C(F)(F)F)C(F)(F)F. The first-order valence-electron chi connectivity index (χ1n) is 8.70. The van der Waals surface area contributed by atoms with E-state index in [0.717, 1.165) is 0 Å². The van der Waals surface area contributed by atoms with Gasteiger partial charge in [0.05, 0.1) is 5.41 Å². The van der Waals surface area contributed by atoms with Crippen molar-refractivity contribution in [2.24, 2.45) is 16.7 Å². The molecule has 0 saturated carbocycles. The van der Waals surface area contributed by atoms with E-state index in [-0.39, 0.29) is 12.3 Å². The molecule has 27 heavy (non-hydrogen) atoms. The van der Waals surface area contributed by atoms with Crippen LogP contribution in [0.5, 0.6) is 0 Å². The van der Waals surface area contributed by atoms with Crippen molar-refractivity contribution < 1.29 is 41.0 Å². The van der Waals surface area contributed by atoms with Gasteiger partial charge in [0.25, 0.3) is 5.60 Å². The zero-order valence-electron chi connectivity index (χ0n) is 17.0. The topological polar surface area (TPSA) is 46.5 Å². The number of esters is 1. The fraction of sp³-hybridized carbons (Fsp3) is 0.944. The Morgan fingerprint density at radius 2 is 1.30 bits per heavy atom. The summed E-state index contributed by atoms with van der Waals surface area (Å²) in [5.74, 6) is -1.28. The van der Waals surface area contributed by atoms with Crippen LogP contribution in [0, 0.1) is 16.7 Å². The highest BCUT2D eigenvalue weighted by Crippen LogP contribution is 2.53. The molecule has 1 unspecified atom stereocenters. The minimum atomic E-state index is -6.09. The van der Waals surface area contributed by atoms with E-state index in [9.17, 15) is 36.2 Å². The third kappa shape index (κ3) is 4.54. The van der Waals surface area contributed by atoms with Crippen LogP contribution >= 0.6 is 0 Å². The Balaban J connectivity index is 6.24. The van der Waals surface area contributed by atoms with Crippen molar-refractivity contribution in [2.45, 2.75) is 91.8 Å². The molecule has 0 radical (unpaired) electrons. The fourth-order valence-electron chi connectivity index (χ4n) is 3.10. The van der Waals surface area contributed by atoms with E-state index in [1.165, 1.54) is 6.92 Å². The molecule has 0 aromatic heterocycles. The van der Waals surface area contributed by atoms with Crippen molar-refractivity contribution in [1.29, 1.82) is 0 Å². The summed E-state index contributed by atoms with van der Waals surface area (Å²) < 4.78 is 83.9. The first-order valence-corrected chi connectivity index (χ1v) is 8.70. The van der Waals surface area contributed by atoms with Crippen LogP contribution in [0.4, 0.5) is 26.3 Å². The molecule has 0 aliphatic rings. The highest BCUT2D eigenvalue weighted by Gasteiger charge is 2.79. The molecule has 3 nitrogen and oxygen atoms in total. The predicted molar refractivity (Wildman–Crippen MR) is 88.9 cm³/mol. The average molecular weight is 408 g/mol. The van der Waals surface area contributed by atoms with Crippen molar-refractivity contribution in [3.8, 4) is 0 Å². The summed E-state index contributed by atoms with van der Waals surface area (Å²) in [6.45, 7) is 11.0. The van der Waals surface area contributed by atoms with E-state index < -0.39 is 40.4 Å². The highest BCUT2D eigenvalue weighted by molar-refractivity contribution is 5.78. The summed E-state index contributed by atoms with van der Waals surface area (Å²) >= 11 is 0. The molecule has 1 N–H and O–H groups in total. The molecule has 162 valence electrons. The van der Waals surface area contributed by atoms with Crippen molar-refractivity contribution in [3.63, 3.8) is 0 Å². The van der Waals surface area contributed by atoms with E-state index in [1.54, 1.807) is 34.6 Å². The molecule has 0 aromatic carbocycles. The summed E-state index contributed by atoms with van der Waals surface area (Å²) in [4.78, 5) is 12.9. The van der Waals surface area contributed by atoms with Gasteiger partial charge in [0.1, 0.15) is 0 Å². The minimum Gasteiger partial charge on any atom is -0.455 e. The first kappa shape index (κ1) is 26.0. The zero-order chi connectivity index (χ0) is 22.3. The molecular formula is C18H30F6O3. The standard InChI is InChI=1S/C18H30F6O3/c1-9-13(4,5)15(8,10-11(2)3)12(25)27-14(6,7)16(26,17(19,20)21)18(22,23)24/h11,26H,9-10H2,1-8H3. The van der Waals surface area contributed by atoms with Crippen molar-refractivity contribution in [3.05, 3.63) is 0 Å². The van der Waals surface area contributed by atoms with E-state index in [4.69, 9.17) is 4.74 Å². The van der Waals surface area contributed by atoms with Gasteiger partial charge in [0.15, 0.2) is 5.60 Å². The second-order valence-corrected chi connectivity index (χ2v) is 8.77. The van der Waals surface area contributed by atoms with Crippen LogP contribution in [0.3, 0.4) is 0 Å². The van der Waals surface area contributed by atoms with Crippen LogP contribution in [-0.4, -0.2) is 34.6 Å². The third-order valence-electron chi connectivity index (χ3n) is 5.68. The summed E-state index contributed by atoms with van der Waals surface area (Å²) in [6, 6.07) is 0. The van der Waals surface area contributed by atoms with Crippen molar-refractivity contribution in [1.82, 2.24) is 0 Å². The van der Waals surface area contributed by atoms with Gasteiger partial charge in [0.2, 0.25) is 0 Å². The van der Waals surface area contributed by atoms with Gasteiger partial charge < -0.3 is 9.84 Å². The number of ether oxygens (including phenoxy) is 1. The monoisotopic (exact) mass is 408 g/mol. The number of alkyl halides is 6. The number of hydrogen-bond acceptors (Lipinski definition) is 3. The number of aliphatic hydroxyl groups is 1.